The highest BCUT2D eigenvalue weighted by Gasteiger charge is 2.29. The Morgan fingerprint density at radius 2 is 1.38 bits per heavy atom. The summed E-state index contributed by atoms with van der Waals surface area (Å²) in [6.07, 6.45) is -2.92. The summed E-state index contributed by atoms with van der Waals surface area (Å²) in [5.74, 6) is -3.44. The first kappa shape index (κ1) is 42.3. The molecular weight excluding hydrogens is 783 g/mol. The van der Waals surface area contributed by atoms with Crippen molar-refractivity contribution in [3.8, 4) is 11.1 Å². The number of carbonyl (C=O) groups is 3. The Balaban J connectivity index is 0.000000636. The van der Waals surface area contributed by atoms with Gasteiger partial charge in [-0.1, -0.05) is 85.7 Å². The highest BCUT2D eigenvalue weighted by molar-refractivity contribution is 9.10. The molecule has 3 aromatic carbocycles. The third-order valence-corrected chi connectivity index (χ3v) is 9.60. The number of thioether (sulfide) groups is 1. The molecule has 1 heterocycles. The zero-order valence-electron chi connectivity index (χ0n) is 28.4. The molecule has 0 saturated carbocycles. The summed E-state index contributed by atoms with van der Waals surface area (Å²) in [5.41, 5.74) is 3.65. The van der Waals surface area contributed by atoms with E-state index in [1.807, 2.05) is 41.3 Å². The molecule has 0 saturated heterocycles. The van der Waals surface area contributed by atoms with Gasteiger partial charge in [-0.3, -0.25) is 9.59 Å². The van der Waals surface area contributed by atoms with E-state index in [0.717, 1.165) is 41.9 Å². The van der Waals surface area contributed by atoms with Crippen molar-refractivity contribution in [3.05, 3.63) is 116 Å². The lowest BCUT2D eigenvalue weighted by molar-refractivity contribution is -0.165. The number of rotatable bonds is 16. The number of halogens is 3. The van der Waals surface area contributed by atoms with Gasteiger partial charge in [-0.25, -0.2) is 14.0 Å². The number of nitrogens with zero attached hydrogens (tertiary/aromatic N) is 4. The number of benzene rings is 3. The summed E-state index contributed by atoms with van der Waals surface area (Å²) in [5, 5.41) is 33.6. The van der Waals surface area contributed by atoms with E-state index >= 15 is 0 Å². The van der Waals surface area contributed by atoms with Gasteiger partial charge in [0.05, 0.1) is 0 Å². The van der Waals surface area contributed by atoms with Crippen molar-refractivity contribution in [2.24, 2.45) is 0 Å². The van der Waals surface area contributed by atoms with Crippen LogP contribution >= 0.6 is 39.3 Å². The minimum atomic E-state index is -2.27. The molecule has 0 fully saturated rings. The van der Waals surface area contributed by atoms with E-state index < -0.39 is 29.7 Å². The summed E-state index contributed by atoms with van der Waals surface area (Å²) in [7, 11) is 0. The first-order valence-electron chi connectivity index (χ1n) is 16.0. The first-order chi connectivity index (χ1) is 24.7. The number of amides is 1. The molecule has 2 atom stereocenters. The quantitative estimate of drug-likeness (QED) is 0.0885. The molecule has 0 bridgehead atoms. The molecule has 4 aromatic rings. The largest absolute Gasteiger partial charge is 0.479 e. The Kier molecular flexibility index (Phi) is 16.9. The lowest BCUT2D eigenvalue weighted by Crippen LogP contribution is -2.40. The lowest BCUT2D eigenvalue weighted by atomic mass is 10.0. The SMILES string of the molecule is CCN(CC)CCN(Cc1ccc(-c2ccc(Cl)cc2)cc1)C(=O)Cn1cc(Br)c(=O)nc1SCc1ccc(F)cc1.O=C(O)C(O)C(O)C(=O)O. The molecule has 12 nitrogen and oxygen atoms in total. The highest BCUT2D eigenvalue weighted by Crippen LogP contribution is 2.24. The van der Waals surface area contributed by atoms with Crippen molar-refractivity contribution in [1.82, 2.24) is 19.4 Å². The Morgan fingerprint density at radius 1 is 0.865 bits per heavy atom. The number of likely N-dealkylation sites (N-methyl/N-ethyl adjacent to an activating group) is 1. The van der Waals surface area contributed by atoms with E-state index in [1.165, 1.54) is 23.9 Å². The number of carboxylic acid groups (broad SMARTS) is 2. The Morgan fingerprint density at radius 3 is 1.90 bits per heavy atom. The van der Waals surface area contributed by atoms with Crippen LogP contribution in [0.2, 0.25) is 5.02 Å². The summed E-state index contributed by atoms with van der Waals surface area (Å²) in [6.45, 7) is 7.81. The third kappa shape index (κ3) is 13.1. The minimum Gasteiger partial charge on any atom is -0.479 e. The number of aliphatic hydroxyl groups excluding tert-OH is 2. The van der Waals surface area contributed by atoms with Crippen LogP contribution in [0.5, 0.6) is 0 Å². The van der Waals surface area contributed by atoms with Crippen LogP contribution in [0.4, 0.5) is 4.39 Å². The van der Waals surface area contributed by atoms with Crippen molar-refractivity contribution in [1.29, 1.82) is 0 Å². The maximum atomic E-state index is 13.8. The van der Waals surface area contributed by atoms with E-state index in [0.29, 0.717) is 29.0 Å². The van der Waals surface area contributed by atoms with Crippen LogP contribution in [0.3, 0.4) is 0 Å². The van der Waals surface area contributed by atoms with Gasteiger partial charge >= 0.3 is 11.9 Å². The van der Waals surface area contributed by atoms with Crippen LogP contribution in [0.1, 0.15) is 25.0 Å². The monoisotopic (exact) mass is 820 g/mol. The third-order valence-electron chi connectivity index (χ3n) is 7.75. The number of hydrogen-bond acceptors (Lipinski definition) is 9. The molecule has 278 valence electrons. The topological polar surface area (TPSA) is 173 Å². The van der Waals surface area contributed by atoms with E-state index in [-0.39, 0.29) is 22.7 Å². The number of aliphatic hydroxyl groups is 2. The molecule has 2 unspecified atom stereocenters. The molecule has 0 aliphatic carbocycles. The number of carboxylic acids is 2. The van der Waals surface area contributed by atoms with Crippen LogP contribution in [0.25, 0.3) is 11.1 Å². The fourth-order valence-electron chi connectivity index (χ4n) is 4.68. The van der Waals surface area contributed by atoms with E-state index in [2.05, 4.69) is 51.8 Å². The molecule has 1 aromatic heterocycles. The Hall–Kier alpha value is -4.12. The second kappa shape index (κ2) is 20.8. The molecule has 0 aliphatic heterocycles. The molecule has 4 rings (SSSR count). The Labute approximate surface area is 317 Å². The van der Waals surface area contributed by atoms with Crippen molar-refractivity contribution >= 4 is 57.1 Å². The highest BCUT2D eigenvalue weighted by atomic mass is 79.9. The van der Waals surface area contributed by atoms with Crippen LogP contribution in [-0.4, -0.2) is 96.0 Å². The lowest BCUT2D eigenvalue weighted by Gasteiger charge is -2.27. The molecule has 52 heavy (non-hydrogen) atoms. The van der Waals surface area contributed by atoms with Crippen LogP contribution < -0.4 is 5.56 Å². The average Bonchev–Trinajstić information content (AvgIpc) is 3.13. The average molecular weight is 822 g/mol. The van der Waals surface area contributed by atoms with Gasteiger partial charge in [0.25, 0.3) is 5.56 Å². The molecule has 4 N–H and O–H groups in total. The zero-order chi connectivity index (χ0) is 38.4. The van der Waals surface area contributed by atoms with Gasteiger partial charge in [0.2, 0.25) is 5.91 Å². The fourth-order valence-corrected chi connectivity index (χ4v) is 6.06. The van der Waals surface area contributed by atoms with Crippen molar-refractivity contribution in [2.45, 2.75) is 50.1 Å². The molecule has 0 aliphatic rings. The summed E-state index contributed by atoms with van der Waals surface area (Å²) >= 11 is 10.7. The fraction of sp³-hybridized carbons (Fsp3) is 0.306. The van der Waals surface area contributed by atoms with Gasteiger partial charge in [-0.2, -0.15) is 4.98 Å². The molecule has 0 radical (unpaired) electrons. The molecule has 0 spiro atoms. The van der Waals surface area contributed by atoms with Gasteiger partial charge < -0.3 is 34.8 Å². The normalized spacial score (nSPS) is 12.1. The van der Waals surface area contributed by atoms with Gasteiger partial charge in [0.15, 0.2) is 17.4 Å². The van der Waals surface area contributed by atoms with Crippen LogP contribution in [0.15, 0.2) is 93.4 Å². The van der Waals surface area contributed by atoms with Gasteiger partial charge in [-0.15, -0.1) is 0 Å². The predicted octanol–water partition coefficient (Wildman–Crippen LogP) is 5.01. The zero-order valence-corrected chi connectivity index (χ0v) is 31.5. The van der Waals surface area contributed by atoms with Crippen LogP contribution in [0, 0.1) is 5.82 Å². The number of hydrogen-bond donors (Lipinski definition) is 4. The van der Waals surface area contributed by atoms with E-state index in [4.69, 9.17) is 32.0 Å². The molecular formula is C36H39BrClFN4O8S. The second-order valence-electron chi connectivity index (χ2n) is 11.3. The van der Waals surface area contributed by atoms with Crippen molar-refractivity contribution in [2.75, 3.05) is 26.2 Å². The second-order valence-corrected chi connectivity index (χ2v) is 13.6. The van der Waals surface area contributed by atoms with Crippen molar-refractivity contribution < 1.29 is 39.2 Å². The van der Waals surface area contributed by atoms with Crippen molar-refractivity contribution in [3.63, 3.8) is 0 Å². The van der Waals surface area contributed by atoms with E-state index in [1.54, 1.807) is 22.9 Å². The van der Waals surface area contributed by atoms with E-state index in [9.17, 15) is 23.6 Å². The number of aliphatic carboxylic acids is 2. The minimum absolute atomic E-state index is 0.0265. The Bertz CT molecular complexity index is 1830. The van der Waals surface area contributed by atoms with Gasteiger partial charge in [0.1, 0.15) is 16.8 Å². The number of aromatic nitrogens is 2. The van der Waals surface area contributed by atoms with Gasteiger partial charge in [-0.05, 0) is 75.5 Å². The molecule has 1 amide bonds. The smallest absolute Gasteiger partial charge is 0.335 e. The van der Waals surface area contributed by atoms with Gasteiger partial charge in [0, 0.05) is 36.6 Å². The van der Waals surface area contributed by atoms with Crippen LogP contribution in [-0.2, 0) is 33.2 Å². The first-order valence-corrected chi connectivity index (χ1v) is 18.2. The summed E-state index contributed by atoms with van der Waals surface area (Å²) in [6, 6.07) is 22.1. The molecule has 16 heteroatoms. The summed E-state index contributed by atoms with van der Waals surface area (Å²) < 4.78 is 15.3. The maximum Gasteiger partial charge on any atom is 0.335 e. The number of carbonyl (C=O) groups excluding carboxylic acids is 1. The summed E-state index contributed by atoms with van der Waals surface area (Å²) in [4.78, 5) is 54.0. The maximum absolute atomic E-state index is 13.8. The standard InChI is InChI=1S/C32H33BrClFN4O2S.C4H6O6/c1-3-37(4-2)17-18-38(19-23-5-9-25(10-6-23)26-11-13-27(34)14-12-26)30(40)21-39-20-29(33)31(41)36-32(39)42-22-24-7-15-28(35)16-8-24;5-1(3(7)8)2(6)4(9)10/h5-16,20H,3-4,17-19,21-22H2,1-2H3;1-2,5-6H,(H,7,8)(H,9,10). The predicted molar refractivity (Wildman–Crippen MR) is 200 cm³/mol.